The number of aromatic amines is 1. The molecule has 8 heteroatoms. The Labute approximate surface area is 196 Å². The van der Waals surface area contributed by atoms with E-state index in [1.807, 2.05) is 42.5 Å². The van der Waals surface area contributed by atoms with Gasteiger partial charge in [0.15, 0.2) is 11.5 Å². The Bertz CT molecular complexity index is 1360. The number of nitrogens with one attached hydrogen (secondary N) is 3. The molecule has 0 aliphatic carbocycles. The Kier molecular flexibility index (Phi) is 5.52. The first kappa shape index (κ1) is 20.9. The summed E-state index contributed by atoms with van der Waals surface area (Å²) in [5.74, 6) is 1.24. The van der Waals surface area contributed by atoms with E-state index in [4.69, 9.17) is 19.2 Å². The minimum absolute atomic E-state index is 0.161. The lowest BCUT2D eigenvalue weighted by Gasteiger charge is -2.23. The molecule has 6 rings (SSSR count). The van der Waals surface area contributed by atoms with Gasteiger partial charge >= 0.3 is 0 Å². The second kappa shape index (κ2) is 8.96. The fraction of sp³-hybridized carbons (Fsp3) is 0.308. The number of hydrogen-bond acceptors (Lipinski definition) is 5. The van der Waals surface area contributed by atoms with Gasteiger partial charge in [-0.25, -0.2) is 4.98 Å². The summed E-state index contributed by atoms with van der Waals surface area (Å²) in [4.78, 5) is 22.9. The zero-order chi connectivity index (χ0) is 22.9. The lowest BCUT2D eigenvalue weighted by atomic mass is 10.1. The Morgan fingerprint density at radius 2 is 1.88 bits per heavy atom. The Morgan fingerprint density at radius 1 is 1.03 bits per heavy atom. The highest BCUT2D eigenvalue weighted by Gasteiger charge is 2.20. The predicted octanol–water partition coefficient (Wildman–Crippen LogP) is 2.15. The van der Waals surface area contributed by atoms with Crippen LogP contribution >= 0.6 is 0 Å². The summed E-state index contributed by atoms with van der Waals surface area (Å²) < 4.78 is 16.5. The van der Waals surface area contributed by atoms with E-state index < -0.39 is 0 Å². The van der Waals surface area contributed by atoms with Gasteiger partial charge in [0.05, 0.1) is 31.0 Å². The number of rotatable bonds is 6. The fourth-order valence-electron chi connectivity index (χ4n) is 4.76. The summed E-state index contributed by atoms with van der Waals surface area (Å²) in [5.41, 5.74) is 3.89. The molecule has 34 heavy (non-hydrogen) atoms. The standard InChI is InChI=1S/C26H26N4O4/c31-26(27-8-3-9-30-10-12-32-13-11-30)21-15-19-18-4-1-2-5-20(18)28-25(19)24(29-21)17-6-7-22-23(14-17)34-16-33-22/h1-2,4-7,14-15,28H,3,8-13,16H2,(H,27,31)/p+1. The van der Waals surface area contributed by atoms with Gasteiger partial charge in [-0.1, -0.05) is 18.2 Å². The van der Waals surface area contributed by atoms with Crippen LogP contribution in [0.5, 0.6) is 11.5 Å². The molecule has 0 radical (unpaired) electrons. The van der Waals surface area contributed by atoms with E-state index in [9.17, 15) is 4.79 Å². The van der Waals surface area contributed by atoms with Crippen LogP contribution in [0.4, 0.5) is 0 Å². The van der Waals surface area contributed by atoms with Crippen LogP contribution < -0.4 is 19.7 Å². The van der Waals surface area contributed by atoms with Crippen molar-refractivity contribution in [2.45, 2.75) is 6.42 Å². The van der Waals surface area contributed by atoms with Crippen LogP contribution in [0.15, 0.2) is 48.5 Å². The average Bonchev–Trinajstić information content (AvgIpc) is 3.50. The zero-order valence-corrected chi connectivity index (χ0v) is 18.9. The monoisotopic (exact) mass is 459 g/mol. The molecule has 1 amide bonds. The van der Waals surface area contributed by atoms with E-state index in [1.165, 1.54) is 4.90 Å². The number of aromatic nitrogens is 2. The third-order valence-corrected chi connectivity index (χ3v) is 6.57. The average molecular weight is 460 g/mol. The minimum Gasteiger partial charge on any atom is -0.454 e. The number of amides is 1. The molecule has 1 saturated heterocycles. The lowest BCUT2D eigenvalue weighted by molar-refractivity contribution is -0.908. The van der Waals surface area contributed by atoms with Gasteiger partial charge in [-0.2, -0.15) is 0 Å². The van der Waals surface area contributed by atoms with Crippen LogP contribution in [0.3, 0.4) is 0 Å². The third kappa shape index (κ3) is 3.95. The molecule has 2 aliphatic heterocycles. The topological polar surface area (TPSA) is 89.9 Å². The van der Waals surface area contributed by atoms with Crippen molar-refractivity contribution in [2.75, 3.05) is 46.2 Å². The van der Waals surface area contributed by atoms with Crippen LogP contribution in [-0.2, 0) is 4.74 Å². The van der Waals surface area contributed by atoms with E-state index in [2.05, 4.69) is 16.4 Å². The summed E-state index contributed by atoms with van der Waals surface area (Å²) >= 11 is 0. The molecular weight excluding hydrogens is 432 g/mol. The largest absolute Gasteiger partial charge is 0.454 e. The van der Waals surface area contributed by atoms with E-state index in [1.54, 1.807) is 0 Å². The van der Waals surface area contributed by atoms with Gasteiger partial charge in [0.1, 0.15) is 18.8 Å². The maximum absolute atomic E-state index is 13.1. The summed E-state index contributed by atoms with van der Waals surface area (Å²) in [6.07, 6.45) is 0.922. The smallest absolute Gasteiger partial charge is 0.269 e. The molecule has 8 nitrogen and oxygen atoms in total. The summed E-state index contributed by atoms with van der Waals surface area (Å²) in [5, 5.41) is 5.10. The molecule has 174 valence electrons. The second-order valence-corrected chi connectivity index (χ2v) is 8.74. The highest BCUT2D eigenvalue weighted by atomic mass is 16.7. The highest BCUT2D eigenvalue weighted by Crippen LogP contribution is 2.38. The molecule has 0 atom stereocenters. The van der Waals surface area contributed by atoms with Gasteiger partial charge < -0.3 is 29.4 Å². The maximum atomic E-state index is 13.1. The van der Waals surface area contributed by atoms with Gasteiger partial charge in [0.25, 0.3) is 5.91 Å². The number of fused-ring (bicyclic) bond motifs is 4. The number of carbonyl (C=O) groups excluding carboxylic acids is 1. The first-order valence-electron chi connectivity index (χ1n) is 11.8. The van der Waals surface area contributed by atoms with Crippen molar-refractivity contribution in [1.82, 2.24) is 15.3 Å². The molecule has 0 bridgehead atoms. The van der Waals surface area contributed by atoms with Crippen molar-refractivity contribution in [3.05, 3.63) is 54.2 Å². The van der Waals surface area contributed by atoms with Crippen molar-refractivity contribution in [2.24, 2.45) is 0 Å². The van der Waals surface area contributed by atoms with E-state index in [0.717, 1.165) is 72.3 Å². The van der Waals surface area contributed by atoms with Gasteiger partial charge in [-0.05, 0) is 30.3 Å². The first-order valence-corrected chi connectivity index (χ1v) is 11.8. The normalized spacial score (nSPS) is 15.8. The summed E-state index contributed by atoms with van der Waals surface area (Å²) in [6, 6.07) is 15.7. The van der Waals surface area contributed by atoms with Crippen LogP contribution in [-0.4, -0.2) is 62.1 Å². The van der Waals surface area contributed by atoms with Gasteiger partial charge in [0.2, 0.25) is 6.79 Å². The van der Waals surface area contributed by atoms with E-state index >= 15 is 0 Å². The summed E-state index contributed by atoms with van der Waals surface area (Å²) in [6.45, 7) is 5.56. The molecule has 0 saturated carbocycles. The van der Waals surface area contributed by atoms with Crippen LogP contribution in [0.25, 0.3) is 33.1 Å². The molecule has 4 aromatic rings. The second-order valence-electron chi connectivity index (χ2n) is 8.74. The van der Waals surface area contributed by atoms with Gasteiger partial charge in [-0.15, -0.1) is 0 Å². The van der Waals surface area contributed by atoms with Crippen molar-refractivity contribution >= 4 is 27.7 Å². The van der Waals surface area contributed by atoms with Crippen molar-refractivity contribution in [3.8, 4) is 22.8 Å². The number of hydrogen-bond donors (Lipinski definition) is 3. The number of nitrogens with zero attached hydrogens (tertiary/aromatic N) is 1. The van der Waals surface area contributed by atoms with Crippen molar-refractivity contribution in [1.29, 1.82) is 0 Å². The number of ether oxygens (including phenoxy) is 3. The number of carbonyl (C=O) groups is 1. The number of quaternary nitrogens is 1. The fourth-order valence-corrected chi connectivity index (χ4v) is 4.76. The molecule has 4 heterocycles. The van der Waals surface area contributed by atoms with Crippen molar-refractivity contribution in [3.63, 3.8) is 0 Å². The minimum atomic E-state index is -0.161. The van der Waals surface area contributed by atoms with E-state index in [-0.39, 0.29) is 12.7 Å². The lowest BCUT2D eigenvalue weighted by Crippen LogP contribution is -3.14. The highest BCUT2D eigenvalue weighted by molar-refractivity contribution is 6.13. The number of pyridine rings is 1. The number of para-hydroxylation sites is 1. The number of morpholine rings is 1. The molecule has 1 fully saturated rings. The molecule has 0 spiro atoms. The zero-order valence-electron chi connectivity index (χ0n) is 18.9. The SMILES string of the molecule is O=C(NCCC[NH+]1CCOCC1)c1cc2c([nH]c3ccccc32)c(-c2ccc3c(c2)OCO3)n1. The Hall–Kier alpha value is -3.62. The number of benzene rings is 2. The Morgan fingerprint density at radius 3 is 2.79 bits per heavy atom. The van der Waals surface area contributed by atoms with Gasteiger partial charge in [0, 0.05) is 34.8 Å². The molecule has 3 N–H and O–H groups in total. The third-order valence-electron chi connectivity index (χ3n) is 6.57. The first-order chi connectivity index (χ1) is 16.8. The van der Waals surface area contributed by atoms with Crippen LogP contribution in [0.2, 0.25) is 0 Å². The van der Waals surface area contributed by atoms with Crippen LogP contribution in [0, 0.1) is 0 Å². The van der Waals surface area contributed by atoms with Crippen LogP contribution in [0.1, 0.15) is 16.9 Å². The summed E-state index contributed by atoms with van der Waals surface area (Å²) in [7, 11) is 0. The van der Waals surface area contributed by atoms with Gasteiger partial charge in [-0.3, -0.25) is 4.79 Å². The van der Waals surface area contributed by atoms with Crippen molar-refractivity contribution < 1.29 is 23.9 Å². The molecule has 0 unspecified atom stereocenters. The Balaban J connectivity index is 1.31. The molecule has 2 aromatic heterocycles. The molecular formula is C26H27N4O4+. The quantitative estimate of drug-likeness (QED) is 0.385. The molecule has 2 aromatic carbocycles. The maximum Gasteiger partial charge on any atom is 0.269 e. The predicted molar refractivity (Wildman–Crippen MR) is 128 cm³/mol. The van der Waals surface area contributed by atoms with E-state index in [0.29, 0.717) is 23.7 Å². The number of H-pyrrole nitrogens is 1. The molecule has 2 aliphatic rings.